The molecule has 1 rings (SSSR count). The van der Waals surface area contributed by atoms with Gasteiger partial charge in [0.1, 0.15) is 6.54 Å². The van der Waals surface area contributed by atoms with E-state index >= 15 is 0 Å². The maximum Gasteiger partial charge on any atom is 0.160 e. The SMILES string of the molecule is CC(C)N(Cc1ccccc1)[N+](=O)[O-]. The van der Waals surface area contributed by atoms with Crippen LogP contribution in [-0.2, 0) is 6.54 Å². The van der Waals surface area contributed by atoms with Crippen LogP contribution in [0.2, 0.25) is 0 Å². The van der Waals surface area contributed by atoms with Crippen LogP contribution < -0.4 is 0 Å². The third-order valence-electron chi connectivity index (χ3n) is 1.99. The molecule has 0 saturated carbocycles. The van der Waals surface area contributed by atoms with E-state index in [0.717, 1.165) is 5.56 Å². The maximum absolute atomic E-state index is 10.7. The zero-order valence-corrected chi connectivity index (χ0v) is 8.38. The minimum atomic E-state index is -0.350. The van der Waals surface area contributed by atoms with Gasteiger partial charge >= 0.3 is 0 Å². The van der Waals surface area contributed by atoms with Gasteiger partial charge in [0, 0.05) is 0 Å². The third-order valence-corrected chi connectivity index (χ3v) is 1.99. The zero-order valence-electron chi connectivity index (χ0n) is 8.38. The van der Waals surface area contributed by atoms with Crippen molar-refractivity contribution in [2.24, 2.45) is 0 Å². The fourth-order valence-corrected chi connectivity index (χ4v) is 1.20. The van der Waals surface area contributed by atoms with Gasteiger partial charge < -0.3 is 0 Å². The summed E-state index contributed by atoms with van der Waals surface area (Å²) < 4.78 is 0. The summed E-state index contributed by atoms with van der Waals surface area (Å²) in [6, 6.07) is 9.35. The smallest absolute Gasteiger partial charge is 0.160 e. The van der Waals surface area contributed by atoms with Crippen LogP contribution in [0.25, 0.3) is 0 Å². The molecule has 0 bridgehead atoms. The van der Waals surface area contributed by atoms with E-state index in [1.54, 1.807) is 0 Å². The van der Waals surface area contributed by atoms with Crippen molar-refractivity contribution in [1.29, 1.82) is 0 Å². The van der Waals surface area contributed by atoms with Gasteiger partial charge in [-0.15, -0.1) is 5.01 Å². The van der Waals surface area contributed by atoms with Crippen LogP contribution in [-0.4, -0.2) is 16.1 Å². The molecule has 0 aliphatic carbocycles. The first-order chi connectivity index (χ1) is 6.61. The van der Waals surface area contributed by atoms with Gasteiger partial charge in [-0.3, -0.25) is 0 Å². The first kappa shape index (κ1) is 10.5. The molecule has 0 spiro atoms. The van der Waals surface area contributed by atoms with Crippen LogP contribution >= 0.6 is 0 Å². The number of hydrogen-bond donors (Lipinski definition) is 0. The lowest BCUT2D eigenvalue weighted by Gasteiger charge is -2.17. The summed E-state index contributed by atoms with van der Waals surface area (Å²) in [5.74, 6) is 0. The molecule has 14 heavy (non-hydrogen) atoms. The van der Waals surface area contributed by atoms with Gasteiger partial charge in [0.15, 0.2) is 5.03 Å². The summed E-state index contributed by atoms with van der Waals surface area (Å²) in [5, 5.41) is 11.5. The average molecular weight is 194 g/mol. The summed E-state index contributed by atoms with van der Waals surface area (Å²) in [5.41, 5.74) is 0.956. The first-order valence-electron chi connectivity index (χ1n) is 4.56. The first-order valence-corrected chi connectivity index (χ1v) is 4.56. The van der Waals surface area contributed by atoms with Crippen molar-refractivity contribution in [2.75, 3.05) is 0 Å². The minimum Gasteiger partial charge on any atom is -0.235 e. The third kappa shape index (κ3) is 2.73. The van der Waals surface area contributed by atoms with Crippen LogP contribution in [0.15, 0.2) is 30.3 Å². The highest BCUT2D eigenvalue weighted by Gasteiger charge is 2.18. The van der Waals surface area contributed by atoms with Gasteiger partial charge in [-0.05, 0) is 19.4 Å². The molecule has 0 unspecified atom stereocenters. The van der Waals surface area contributed by atoms with Gasteiger partial charge in [-0.1, -0.05) is 30.3 Å². The van der Waals surface area contributed by atoms with Gasteiger partial charge in [0.05, 0.1) is 6.04 Å². The molecule has 76 valence electrons. The lowest BCUT2D eigenvalue weighted by atomic mass is 10.2. The van der Waals surface area contributed by atoms with Crippen LogP contribution in [0, 0.1) is 10.1 Å². The summed E-state index contributed by atoms with van der Waals surface area (Å²) in [4.78, 5) is 10.7. The molecule has 0 heterocycles. The highest BCUT2D eigenvalue weighted by Crippen LogP contribution is 2.07. The largest absolute Gasteiger partial charge is 0.235 e. The number of nitrogens with zero attached hydrogens (tertiary/aromatic N) is 2. The highest BCUT2D eigenvalue weighted by molar-refractivity contribution is 5.14. The Morgan fingerprint density at radius 3 is 2.36 bits per heavy atom. The molecule has 1 aromatic carbocycles. The summed E-state index contributed by atoms with van der Waals surface area (Å²) >= 11 is 0. The van der Waals surface area contributed by atoms with Crippen molar-refractivity contribution < 1.29 is 5.03 Å². The number of hydrogen-bond acceptors (Lipinski definition) is 2. The summed E-state index contributed by atoms with van der Waals surface area (Å²) in [6.07, 6.45) is 0. The lowest BCUT2D eigenvalue weighted by molar-refractivity contribution is -0.666. The molecule has 0 amide bonds. The van der Waals surface area contributed by atoms with Crippen molar-refractivity contribution in [3.63, 3.8) is 0 Å². The van der Waals surface area contributed by atoms with E-state index < -0.39 is 0 Å². The van der Waals surface area contributed by atoms with Crippen LogP contribution in [0.1, 0.15) is 19.4 Å². The van der Waals surface area contributed by atoms with E-state index in [1.807, 2.05) is 44.2 Å². The predicted molar refractivity (Wildman–Crippen MR) is 54.1 cm³/mol. The molecule has 0 fully saturated rings. The van der Waals surface area contributed by atoms with E-state index in [-0.39, 0.29) is 11.1 Å². The quantitative estimate of drug-likeness (QED) is 0.544. The second kappa shape index (κ2) is 4.60. The fourth-order valence-electron chi connectivity index (χ4n) is 1.20. The van der Waals surface area contributed by atoms with Crippen LogP contribution in [0.5, 0.6) is 0 Å². The number of benzene rings is 1. The Labute approximate surface area is 83.3 Å². The number of rotatable bonds is 4. The Hall–Kier alpha value is -1.58. The normalized spacial score (nSPS) is 10.2. The molecular formula is C10H14N2O2. The van der Waals surface area contributed by atoms with E-state index in [1.165, 1.54) is 5.01 Å². The molecule has 0 aliphatic rings. The average Bonchev–Trinajstić information content (AvgIpc) is 2.15. The van der Waals surface area contributed by atoms with Crippen molar-refractivity contribution in [1.82, 2.24) is 5.01 Å². The summed E-state index contributed by atoms with van der Waals surface area (Å²) in [6.45, 7) is 3.98. The number of hydrazine groups is 1. The monoisotopic (exact) mass is 194 g/mol. The van der Waals surface area contributed by atoms with Crippen LogP contribution in [0.3, 0.4) is 0 Å². The van der Waals surface area contributed by atoms with Gasteiger partial charge in [-0.2, -0.15) is 0 Å². The molecular weight excluding hydrogens is 180 g/mol. The van der Waals surface area contributed by atoms with E-state index in [4.69, 9.17) is 0 Å². The second-order valence-corrected chi connectivity index (χ2v) is 3.41. The molecule has 0 N–H and O–H groups in total. The standard InChI is InChI=1S/C10H14N2O2/c1-9(2)11(12(13)14)8-10-6-4-3-5-7-10/h3-7,9H,8H2,1-2H3. The Morgan fingerprint density at radius 1 is 1.36 bits per heavy atom. The zero-order chi connectivity index (χ0) is 10.6. The summed E-state index contributed by atoms with van der Waals surface area (Å²) in [7, 11) is 0. The molecule has 0 aliphatic heterocycles. The fraction of sp³-hybridized carbons (Fsp3) is 0.400. The Morgan fingerprint density at radius 2 is 1.93 bits per heavy atom. The molecule has 0 radical (unpaired) electrons. The highest BCUT2D eigenvalue weighted by atomic mass is 16.7. The van der Waals surface area contributed by atoms with Crippen LogP contribution in [0.4, 0.5) is 0 Å². The molecule has 4 heteroatoms. The predicted octanol–water partition coefficient (Wildman–Crippen LogP) is 2.09. The lowest BCUT2D eigenvalue weighted by Crippen LogP contribution is -2.35. The van der Waals surface area contributed by atoms with Gasteiger partial charge in [0.2, 0.25) is 0 Å². The molecule has 0 saturated heterocycles. The van der Waals surface area contributed by atoms with Crippen molar-refractivity contribution >= 4 is 0 Å². The number of nitro groups is 1. The van der Waals surface area contributed by atoms with Crippen molar-refractivity contribution in [2.45, 2.75) is 26.4 Å². The van der Waals surface area contributed by atoms with E-state index in [2.05, 4.69) is 0 Å². The van der Waals surface area contributed by atoms with Crippen molar-refractivity contribution in [3.05, 3.63) is 46.0 Å². The second-order valence-electron chi connectivity index (χ2n) is 3.41. The molecule has 4 nitrogen and oxygen atoms in total. The Bertz CT molecular complexity index is 298. The Kier molecular flexibility index (Phi) is 3.45. The van der Waals surface area contributed by atoms with Gasteiger partial charge in [0.25, 0.3) is 0 Å². The topological polar surface area (TPSA) is 46.4 Å². The van der Waals surface area contributed by atoms with E-state index in [9.17, 15) is 10.1 Å². The van der Waals surface area contributed by atoms with Gasteiger partial charge in [-0.25, -0.2) is 10.1 Å². The Balaban J connectivity index is 2.70. The maximum atomic E-state index is 10.7. The molecule has 0 aromatic heterocycles. The van der Waals surface area contributed by atoms with Crippen molar-refractivity contribution in [3.8, 4) is 0 Å². The van der Waals surface area contributed by atoms with E-state index in [0.29, 0.717) is 6.54 Å². The minimum absolute atomic E-state index is 0.0924. The molecule has 0 atom stereocenters. The molecule has 1 aromatic rings.